The second-order valence-electron chi connectivity index (χ2n) is 5.19. The molecule has 1 N–H and O–H groups in total. The predicted octanol–water partition coefficient (Wildman–Crippen LogP) is 3.50. The molecule has 0 aliphatic heterocycles. The summed E-state index contributed by atoms with van der Waals surface area (Å²) in [7, 11) is 1.66. The Balaban J connectivity index is 1.95. The molecule has 0 radical (unpaired) electrons. The second kappa shape index (κ2) is 8.35. The Labute approximate surface area is 137 Å². The average molecular weight is 338 g/mol. The van der Waals surface area contributed by atoms with Gasteiger partial charge in [0.15, 0.2) is 0 Å². The lowest BCUT2D eigenvalue weighted by Gasteiger charge is -2.17. The fraction of sp³-hybridized carbons (Fsp3) is 0.235. The van der Waals surface area contributed by atoms with E-state index in [1.165, 1.54) is 24.3 Å². The summed E-state index contributed by atoms with van der Waals surface area (Å²) in [6.45, 7) is -2.76. The molecule has 0 heterocycles. The summed E-state index contributed by atoms with van der Waals surface area (Å²) in [5.74, 6) is -0.878. The smallest absolute Gasteiger partial charge is 0.387 e. The van der Waals surface area contributed by atoms with Crippen LogP contribution in [0.25, 0.3) is 0 Å². The topological polar surface area (TPSA) is 41.6 Å². The molecule has 128 valence electrons. The first-order valence-electron chi connectivity index (χ1n) is 7.21. The maximum absolute atomic E-state index is 13.6. The second-order valence-corrected chi connectivity index (χ2v) is 5.19. The third-order valence-corrected chi connectivity index (χ3v) is 3.19. The number of amides is 1. The Morgan fingerprint density at radius 2 is 1.83 bits per heavy atom. The van der Waals surface area contributed by atoms with Gasteiger partial charge in [0.25, 0.3) is 0 Å². The van der Waals surface area contributed by atoms with Gasteiger partial charge in [-0.15, -0.1) is 0 Å². The zero-order valence-electron chi connectivity index (χ0n) is 13.0. The van der Waals surface area contributed by atoms with Gasteiger partial charge in [-0.2, -0.15) is 8.78 Å². The highest BCUT2D eigenvalue weighted by molar-refractivity contribution is 5.93. The van der Waals surface area contributed by atoms with Crippen LogP contribution in [0.2, 0.25) is 0 Å². The maximum Gasteiger partial charge on any atom is 0.387 e. The van der Waals surface area contributed by atoms with Crippen LogP contribution in [-0.2, 0) is 11.3 Å². The fourth-order valence-electron chi connectivity index (χ4n) is 2.18. The van der Waals surface area contributed by atoms with Gasteiger partial charge in [-0.1, -0.05) is 30.3 Å². The third-order valence-electron chi connectivity index (χ3n) is 3.19. The minimum absolute atomic E-state index is 0.0304. The number of likely N-dealkylation sites (N-methyl/N-ethyl adjacent to an activating group) is 1. The highest BCUT2D eigenvalue weighted by Gasteiger charge is 2.13. The van der Waals surface area contributed by atoms with E-state index in [4.69, 9.17) is 0 Å². The number of anilines is 1. The van der Waals surface area contributed by atoms with E-state index < -0.39 is 12.5 Å². The van der Waals surface area contributed by atoms with Gasteiger partial charge in [0.1, 0.15) is 11.6 Å². The van der Waals surface area contributed by atoms with Crippen molar-refractivity contribution in [2.24, 2.45) is 0 Å². The summed E-state index contributed by atoms with van der Waals surface area (Å²) in [6.07, 6.45) is 0. The maximum atomic E-state index is 13.6. The number of carbonyl (C=O) groups is 1. The van der Waals surface area contributed by atoms with Crippen LogP contribution in [0.15, 0.2) is 48.5 Å². The molecule has 2 rings (SSSR count). The van der Waals surface area contributed by atoms with E-state index in [1.54, 1.807) is 36.2 Å². The summed E-state index contributed by atoms with van der Waals surface area (Å²) in [6, 6.07) is 12.2. The molecule has 2 aromatic rings. The monoisotopic (exact) mass is 338 g/mol. The minimum atomic E-state index is -2.98. The number of rotatable bonds is 7. The molecule has 0 saturated carbocycles. The molecule has 24 heavy (non-hydrogen) atoms. The van der Waals surface area contributed by atoms with Crippen molar-refractivity contribution in [2.45, 2.75) is 13.2 Å². The number of nitrogens with one attached hydrogen (secondary N) is 1. The molecule has 0 atom stereocenters. The number of alkyl halides is 2. The summed E-state index contributed by atoms with van der Waals surface area (Å²) in [4.78, 5) is 13.7. The fourth-order valence-corrected chi connectivity index (χ4v) is 2.18. The lowest BCUT2D eigenvalue weighted by molar-refractivity contribution is -0.117. The normalized spacial score (nSPS) is 10.9. The van der Waals surface area contributed by atoms with E-state index in [9.17, 15) is 18.0 Å². The van der Waals surface area contributed by atoms with Crippen LogP contribution in [-0.4, -0.2) is 31.0 Å². The van der Waals surface area contributed by atoms with Gasteiger partial charge in [0.2, 0.25) is 5.91 Å². The molecule has 0 aliphatic carbocycles. The van der Waals surface area contributed by atoms with E-state index in [0.29, 0.717) is 5.56 Å². The molecular formula is C17H17F3N2O2. The lowest BCUT2D eigenvalue weighted by atomic mass is 10.2. The van der Waals surface area contributed by atoms with E-state index in [1.807, 2.05) is 0 Å². The van der Waals surface area contributed by atoms with Gasteiger partial charge in [-0.05, 0) is 25.2 Å². The highest BCUT2D eigenvalue weighted by atomic mass is 19.3. The van der Waals surface area contributed by atoms with Gasteiger partial charge in [-0.25, -0.2) is 4.39 Å². The molecule has 0 aliphatic rings. The molecule has 1 amide bonds. The molecular weight excluding hydrogens is 321 g/mol. The summed E-state index contributed by atoms with van der Waals surface area (Å²) in [5.41, 5.74) is 0.622. The van der Waals surface area contributed by atoms with E-state index in [-0.39, 0.29) is 30.3 Å². The number of hydrogen-bond donors (Lipinski definition) is 1. The molecule has 0 spiro atoms. The zero-order chi connectivity index (χ0) is 17.5. The molecule has 0 bridgehead atoms. The van der Waals surface area contributed by atoms with Gasteiger partial charge >= 0.3 is 6.61 Å². The Morgan fingerprint density at radius 1 is 1.17 bits per heavy atom. The van der Waals surface area contributed by atoms with E-state index >= 15 is 0 Å². The van der Waals surface area contributed by atoms with Crippen LogP contribution < -0.4 is 10.1 Å². The van der Waals surface area contributed by atoms with Crippen molar-refractivity contribution in [3.05, 3.63) is 59.9 Å². The first-order chi connectivity index (χ1) is 11.5. The van der Waals surface area contributed by atoms with Crippen LogP contribution in [0, 0.1) is 5.82 Å². The number of hydrogen-bond acceptors (Lipinski definition) is 3. The molecule has 0 fully saturated rings. The Kier molecular flexibility index (Phi) is 6.20. The molecule has 0 aromatic heterocycles. The number of benzene rings is 2. The Hall–Kier alpha value is -2.54. The highest BCUT2D eigenvalue weighted by Crippen LogP contribution is 2.25. The van der Waals surface area contributed by atoms with Crippen molar-refractivity contribution in [1.29, 1.82) is 0 Å². The van der Waals surface area contributed by atoms with Crippen LogP contribution >= 0.6 is 0 Å². The van der Waals surface area contributed by atoms with Crippen molar-refractivity contribution in [3.8, 4) is 5.75 Å². The van der Waals surface area contributed by atoms with Crippen molar-refractivity contribution in [1.82, 2.24) is 4.90 Å². The number of ether oxygens (including phenoxy) is 1. The number of carbonyl (C=O) groups excluding carboxylic acids is 1. The summed E-state index contributed by atoms with van der Waals surface area (Å²) < 4.78 is 42.6. The molecule has 0 saturated heterocycles. The quantitative estimate of drug-likeness (QED) is 0.840. The SMILES string of the molecule is CN(CC(=O)Nc1ccccc1OC(F)F)Cc1ccccc1F. The molecule has 4 nitrogen and oxygen atoms in total. The minimum Gasteiger partial charge on any atom is -0.433 e. The third kappa shape index (κ3) is 5.27. The summed E-state index contributed by atoms with van der Waals surface area (Å²) >= 11 is 0. The van der Waals surface area contributed by atoms with E-state index in [0.717, 1.165) is 0 Å². The van der Waals surface area contributed by atoms with Gasteiger partial charge in [0.05, 0.1) is 12.2 Å². The Morgan fingerprint density at radius 3 is 2.54 bits per heavy atom. The average Bonchev–Trinajstić information content (AvgIpc) is 2.51. The number of nitrogens with zero attached hydrogens (tertiary/aromatic N) is 1. The molecule has 7 heteroatoms. The predicted molar refractivity (Wildman–Crippen MR) is 84.4 cm³/mol. The van der Waals surface area contributed by atoms with Crippen molar-refractivity contribution in [3.63, 3.8) is 0 Å². The Bertz CT molecular complexity index is 695. The molecule has 2 aromatic carbocycles. The van der Waals surface area contributed by atoms with Crippen LogP contribution in [0.4, 0.5) is 18.9 Å². The van der Waals surface area contributed by atoms with Crippen LogP contribution in [0.5, 0.6) is 5.75 Å². The first-order valence-corrected chi connectivity index (χ1v) is 7.21. The number of halogens is 3. The van der Waals surface area contributed by atoms with Gasteiger partial charge < -0.3 is 10.1 Å². The van der Waals surface area contributed by atoms with Crippen LogP contribution in [0.1, 0.15) is 5.56 Å². The van der Waals surface area contributed by atoms with Gasteiger partial charge in [0, 0.05) is 12.1 Å². The standard InChI is InChI=1S/C17H17F3N2O2/c1-22(10-12-6-2-3-7-13(12)18)11-16(23)21-14-8-4-5-9-15(14)24-17(19)20/h2-9,17H,10-11H2,1H3,(H,21,23). The lowest BCUT2D eigenvalue weighted by Crippen LogP contribution is -2.30. The van der Waals surface area contributed by atoms with Crippen LogP contribution in [0.3, 0.4) is 0 Å². The zero-order valence-corrected chi connectivity index (χ0v) is 13.0. The summed E-state index contributed by atoms with van der Waals surface area (Å²) in [5, 5.41) is 2.51. The van der Waals surface area contributed by atoms with Crippen molar-refractivity contribution >= 4 is 11.6 Å². The number of para-hydroxylation sites is 2. The largest absolute Gasteiger partial charge is 0.433 e. The molecule has 0 unspecified atom stereocenters. The van der Waals surface area contributed by atoms with E-state index in [2.05, 4.69) is 10.1 Å². The van der Waals surface area contributed by atoms with Gasteiger partial charge in [-0.3, -0.25) is 9.69 Å². The van der Waals surface area contributed by atoms with Crippen molar-refractivity contribution < 1.29 is 22.7 Å². The van der Waals surface area contributed by atoms with Crippen molar-refractivity contribution in [2.75, 3.05) is 18.9 Å². The first kappa shape index (κ1) is 17.8.